The second-order valence-electron chi connectivity index (χ2n) is 18.3. The third-order valence-electron chi connectivity index (χ3n) is 13.8. The molecular weight excluding hydrogens is 828 g/mol. The quantitative estimate of drug-likeness (QED) is 0.113. The first-order valence-corrected chi connectivity index (χ1v) is 22.6. The summed E-state index contributed by atoms with van der Waals surface area (Å²) in [6, 6.07) is 7.41. The molecule has 0 spiro atoms. The molecule has 2 N–H and O–H groups in total. The van der Waals surface area contributed by atoms with Crippen LogP contribution in [0.15, 0.2) is 42.9 Å². The summed E-state index contributed by atoms with van der Waals surface area (Å²) in [5.41, 5.74) is 2.18. The number of hydrogen-bond acceptors (Lipinski definition) is 10. The number of para-hydroxylation sites is 1. The number of ether oxygens (including phenoxy) is 1. The standard InChI is InChI=1S/C46H52F3N11O4/c1-56-42-30(4-2-6-32(42)40(54-56)33-13-14-39(61)53-45(33)62)5-3-19-64-37-15-17-57(25-35(37)47)22-28-9-11-31(12-10-28)60-26-36(41(55-60)43(48)49)51-46(63)34-21-50-59-18-16-38(52-44(34)59)58-23-29(24-58)20-27-7-8-27/h2,4,6,16,18,21,26-29,31,33,35,37,43H,7-15,17,19-20,22-25H2,1H3,(H,51,63)(H,53,61,62)/t28-,31-,33?,35-,37+/m1/s1. The summed E-state index contributed by atoms with van der Waals surface area (Å²) < 4.78 is 54.8. The lowest BCUT2D eigenvalue weighted by Crippen LogP contribution is -2.47. The zero-order valence-corrected chi connectivity index (χ0v) is 35.8. The molecule has 10 rings (SSSR count). The number of halogens is 3. The van der Waals surface area contributed by atoms with E-state index < -0.39 is 36.2 Å². The fourth-order valence-corrected chi connectivity index (χ4v) is 10.2. The van der Waals surface area contributed by atoms with Crippen LogP contribution >= 0.6 is 0 Å². The average molecular weight is 880 g/mol. The number of anilines is 2. The highest BCUT2D eigenvalue weighted by atomic mass is 19.3. The third kappa shape index (κ3) is 8.71. The van der Waals surface area contributed by atoms with Crippen molar-refractivity contribution in [3.63, 3.8) is 0 Å². The van der Waals surface area contributed by atoms with Gasteiger partial charge in [-0.15, -0.1) is 0 Å². The fourth-order valence-electron chi connectivity index (χ4n) is 10.2. The number of rotatable bonds is 12. The van der Waals surface area contributed by atoms with Gasteiger partial charge in [0, 0.05) is 64.0 Å². The number of aromatic nitrogens is 7. The van der Waals surface area contributed by atoms with Crippen molar-refractivity contribution in [1.29, 1.82) is 0 Å². The molecule has 7 heterocycles. The molecule has 1 aromatic carbocycles. The number of benzene rings is 1. The number of fused-ring (bicyclic) bond motifs is 2. The Morgan fingerprint density at radius 2 is 1.81 bits per heavy atom. The summed E-state index contributed by atoms with van der Waals surface area (Å²) in [4.78, 5) is 46.9. The molecule has 4 aromatic heterocycles. The summed E-state index contributed by atoms with van der Waals surface area (Å²) in [6.45, 7) is 3.63. The SMILES string of the molecule is Cn1nc(C2CCC(=O)NC2=O)c2cccc(C#CCO[C@H]3CCN(C[C@H]4CC[C@H](n5cc(NC(=O)c6cnn7ccc(N8CC(CC9CC9)C8)nc67)c(C(F)F)n5)CC4)C[C@H]3F)c21. The minimum atomic E-state index is -2.88. The molecule has 0 radical (unpaired) electrons. The van der Waals surface area contributed by atoms with Gasteiger partial charge in [0.05, 0.1) is 46.7 Å². The van der Waals surface area contributed by atoms with Crippen molar-refractivity contribution in [1.82, 2.24) is 44.4 Å². The van der Waals surface area contributed by atoms with Crippen LogP contribution in [0.25, 0.3) is 16.6 Å². The molecule has 2 saturated carbocycles. The second kappa shape index (κ2) is 17.6. The van der Waals surface area contributed by atoms with Gasteiger partial charge in [-0.25, -0.2) is 22.7 Å². The van der Waals surface area contributed by atoms with Gasteiger partial charge in [0.1, 0.15) is 24.2 Å². The van der Waals surface area contributed by atoms with Gasteiger partial charge in [-0.3, -0.25) is 34.0 Å². The first-order chi connectivity index (χ1) is 31.0. The van der Waals surface area contributed by atoms with Gasteiger partial charge >= 0.3 is 0 Å². The van der Waals surface area contributed by atoms with Crippen LogP contribution in [0.2, 0.25) is 0 Å². The molecule has 18 heteroatoms. The zero-order valence-electron chi connectivity index (χ0n) is 35.8. The van der Waals surface area contributed by atoms with E-state index in [0.717, 1.165) is 73.5 Å². The highest BCUT2D eigenvalue weighted by molar-refractivity contribution is 6.08. The van der Waals surface area contributed by atoms with E-state index in [1.165, 1.54) is 36.2 Å². The number of piperidine rings is 2. The first kappa shape index (κ1) is 42.2. The maximum atomic E-state index is 15.5. The zero-order chi connectivity index (χ0) is 44.1. The second-order valence-corrected chi connectivity index (χ2v) is 18.3. The van der Waals surface area contributed by atoms with E-state index in [0.29, 0.717) is 42.6 Å². The topological polar surface area (TPSA) is 157 Å². The lowest BCUT2D eigenvalue weighted by atomic mass is 9.85. The van der Waals surface area contributed by atoms with Crippen LogP contribution in [-0.2, 0) is 21.4 Å². The molecule has 3 aliphatic heterocycles. The first-order valence-electron chi connectivity index (χ1n) is 22.6. The number of likely N-dealkylation sites (tertiary alicyclic amines) is 1. The predicted molar refractivity (Wildman–Crippen MR) is 231 cm³/mol. The van der Waals surface area contributed by atoms with Crippen LogP contribution < -0.4 is 15.5 Å². The average Bonchev–Trinajstić information content (AvgIpc) is 3.66. The summed E-state index contributed by atoms with van der Waals surface area (Å²) >= 11 is 0. The number of aryl methyl sites for hydroxylation is 1. The molecule has 3 amide bonds. The molecule has 3 saturated heterocycles. The Bertz CT molecular complexity index is 2630. The molecule has 15 nitrogen and oxygen atoms in total. The van der Waals surface area contributed by atoms with E-state index in [1.807, 2.05) is 24.3 Å². The van der Waals surface area contributed by atoms with Gasteiger partial charge < -0.3 is 15.0 Å². The van der Waals surface area contributed by atoms with Gasteiger partial charge in [0.15, 0.2) is 11.3 Å². The molecule has 3 atom stereocenters. The van der Waals surface area contributed by atoms with Gasteiger partial charge in [-0.1, -0.05) is 36.8 Å². The Balaban J connectivity index is 0.697. The van der Waals surface area contributed by atoms with Gasteiger partial charge in [0.25, 0.3) is 12.3 Å². The number of hydrogen-bond donors (Lipinski definition) is 2. The molecule has 5 aliphatic rings. The number of carbonyl (C=O) groups excluding carboxylic acids is 3. The van der Waals surface area contributed by atoms with Gasteiger partial charge in [-0.05, 0) is 74.8 Å². The number of alkyl halides is 3. The number of nitrogens with zero attached hydrogens (tertiary/aromatic N) is 9. The Morgan fingerprint density at radius 3 is 2.58 bits per heavy atom. The van der Waals surface area contributed by atoms with Crippen molar-refractivity contribution in [3.8, 4) is 11.8 Å². The number of nitrogens with one attached hydrogen (secondary N) is 2. The minimum absolute atomic E-state index is 0.0280. The summed E-state index contributed by atoms with van der Waals surface area (Å²) in [5, 5.41) is 19.1. The van der Waals surface area contributed by atoms with Crippen molar-refractivity contribution in [2.45, 2.75) is 94.9 Å². The minimum Gasteiger partial charge on any atom is -0.362 e. The lowest BCUT2D eigenvalue weighted by molar-refractivity contribution is -0.134. The summed E-state index contributed by atoms with van der Waals surface area (Å²) in [5.74, 6) is 7.12. The van der Waals surface area contributed by atoms with E-state index in [2.05, 4.69) is 47.6 Å². The molecule has 0 bridgehead atoms. The van der Waals surface area contributed by atoms with Crippen LogP contribution in [-0.4, -0.2) is 108 Å². The number of imide groups is 1. The molecular formula is C46H52F3N11O4. The molecule has 64 heavy (non-hydrogen) atoms. The van der Waals surface area contributed by atoms with E-state index in [9.17, 15) is 23.2 Å². The van der Waals surface area contributed by atoms with Crippen molar-refractivity contribution in [2.24, 2.45) is 24.8 Å². The van der Waals surface area contributed by atoms with Crippen LogP contribution in [0.5, 0.6) is 0 Å². The molecule has 1 unspecified atom stereocenters. The van der Waals surface area contributed by atoms with Gasteiger partial charge in [0.2, 0.25) is 11.8 Å². The molecule has 2 aliphatic carbocycles. The van der Waals surface area contributed by atoms with Crippen molar-refractivity contribution < 1.29 is 32.3 Å². The predicted octanol–water partition coefficient (Wildman–Crippen LogP) is 5.97. The fraction of sp³-hybridized carbons (Fsp3) is 0.543. The van der Waals surface area contributed by atoms with Crippen LogP contribution in [0.1, 0.15) is 110 Å². The van der Waals surface area contributed by atoms with Crippen molar-refractivity contribution in [3.05, 3.63) is 65.4 Å². The van der Waals surface area contributed by atoms with Gasteiger partial charge in [-0.2, -0.15) is 15.3 Å². The van der Waals surface area contributed by atoms with Crippen molar-refractivity contribution in [2.75, 3.05) is 49.5 Å². The highest BCUT2D eigenvalue weighted by Crippen LogP contribution is 2.39. The Hall–Kier alpha value is -5.80. The van der Waals surface area contributed by atoms with E-state index >= 15 is 4.39 Å². The maximum Gasteiger partial charge on any atom is 0.284 e. The van der Waals surface area contributed by atoms with E-state index in [1.54, 1.807) is 22.6 Å². The van der Waals surface area contributed by atoms with Crippen molar-refractivity contribution >= 4 is 45.8 Å². The monoisotopic (exact) mass is 879 g/mol. The Labute approximate surface area is 368 Å². The normalized spacial score (nSPS) is 24.5. The van der Waals surface area contributed by atoms with Crippen LogP contribution in [0.3, 0.4) is 0 Å². The highest BCUT2D eigenvalue weighted by Gasteiger charge is 2.36. The van der Waals surface area contributed by atoms with E-state index in [4.69, 9.17) is 9.72 Å². The molecule has 5 aromatic rings. The Morgan fingerprint density at radius 1 is 1.00 bits per heavy atom. The van der Waals surface area contributed by atoms with E-state index in [-0.39, 0.29) is 48.7 Å². The largest absolute Gasteiger partial charge is 0.362 e. The summed E-state index contributed by atoms with van der Waals surface area (Å²) in [6.07, 6.45) is 8.32. The lowest BCUT2D eigenvalue weighted by Gasteiger charge is -2.40. The molecule has 5 fully saturated rings. The number of amides is 3. The maximum absolute atomic E-state index is 15.5. The number of carbonyl (C=O) groups is 3. The summed E-state index contributed by atoms with van der Waals surface area (Å²) in [7, 11) is 1.80. The Kier molecular flexibility index (Phi) is 11.6. The molecule has 336 valence electrons. The van der Waals surface area contributed by atoms with Crippen LogP contribution in [0.4, 0.5) is 24.7 Å². The third-order valence-corrected chi connectivity index (χ3v) is 13.8. The van der Waals surface area contributed by atoms with Crippen LogP contribution in [0, 0.1) is 29.6 Å². The smallest absolute Gasteiger partial charge is 0.284 e.